The minimum Gasteiger partial charge on any atom is -0.295 e. The number of hydrogen-bond acceptors (Lipinski definition) is 4. The Morgan fingerprint density at radius 3 is 0.700 bits per heavy atom. The van der Waals surface area contributed by atoms with Crippen molar-refractivity contribution in [3.63, 3.8) is 0 Å². The lowest BCUT2D eigenvalue weighted by atomic mass is 10.1. The maximum atomic E-state index is 11.9. The van der Waals surface area contributed by atoms with Crippen molar-refractivity contribution in [3.05, 3.63) is 119 Å². The van der Waals surface area contributed by atoms with E-state index in [0.717, 1.165) is 12.3 Å². The van der Waals surface area contributed by atoms with Gasteiger partial charge in [0.25, 0.3) is 0 Å². The number of benzene rings is 4. The summed E-state index contributed by atoms with van der Waals surface area (Å²) >= 11 is 0. The Balaban J connectivity index is 1.71. The lowest BCUT2D eigenvalue weighted by Crippen LogP contribution is -2.20. The van der Waals surface area contributed by atoms with E-state index in [9.17, 15) is 19.2 Å². The molecule has 4 aromatic rings. The second-order valence-corrected chi connectivity index (χ2v) is 14.4. The predicted molar refractivity (Wildman–Crippen MR) is 168 cm³/mol. The van der Waals surface area contributed by atoms with Gasteiger partial charge in [0.15, 0.2) is 23.1 Å². The molecular formula is C34H32O4P2. The normalized spacial score (nSPS) is 11.1. The molecule has 0 spiro atoms. The van der Waals surface area contributed by atoms with Crippen molar-refractivity contribution in [2.45, 2.75) is 27.7 Å². The summed E-state index contributed by atoms with van der Waals surface area (Å²) in [5.74, 6) is 0.142. The molecule has 0 bridgehead atoms. The molecule has 0 aliphatic rings. The molecule has 0 N–H and O–H groups in total. The van der Waals surface area contributed by atoms with Crippen LogP contribution in [0.4, 0.5) is 0 Å². The number of carbonyl (C=O) groups is 4. The van der Waals surface area contributed by atoms with E-state index in [1.807, 2.05) is 97.1 Å². The molecule has 6 heteroatoms. The quantitative estimate of drug-likeness (QED) is 0.164. The van der Waals surface area contributed by atoms with E-state index < -0.39 is 15.8 Å². The van der Waals surface area contributed by atoms with E-state index in [4.69, 9.17) is 0 Å². The lowest BCUT2D eigenvalue weighted by molar-refractivity contribution is 0.100. The molecule has 0 aliphatic heterocycles. The van der Waals surface area contributed by atoms with Gasteiger partial charge in [0.1, 0.15) is 0 Å². The number of carbonyl (C=O) groups excluding carboxylic acids is 4. The van der Waals surface area contributed by atoms with E-state index in [1.54, 1.807) is 27.7 Å². The monoisotopic (exact) mass is 566 g/mol. The number of rotatable bonds is 11. The first kappa shape index (κ1) is 29.4. The zero-order chi connectivity index (χ0) is 28.8. The predicted octanol–water partition coefficient (Wildman–Crippen LogP) is 6.06. The third-order valence-electron chi connectivity index (χ3n) is 6.89. The fourth-order valence-electron chi connectivity index (χ4n) is 4.52. The van der Waals surface area contributed by atoms with Gasteiger partial charge < -0.3 is 0 Å². The van der Waals surface area contributed by atoms with Crippen molar-refractivity contribution in [2.75, 3.05) is 12.3 Å². The molecule has 0 radical (unpaired) electrons. The molecule has 4 aromatic carbocycles. The zero-order valence-electron chi connectivity index (χ0n) is 23.2. The molecule has 0 fully saturated rings. The van der Waals surface area contributed by atoms with Gasteiger partial charge in [-0.25, -0.2) is 0 Å². The summed E-state index contributed by atoms with van der Waals surface area (Å²) in [6.45, 7) is 6.28. The molecule has 0 amide bonds. The van der Waals surface area contributed by atoms with Gasteiger partial charge in [-0.3, -0.25) is 19.2 Å². The molecule has 202 valence electrons. The van der Waals surface area contributed by atoms with Gasteiger partial charge in [-0.2, -0.15) is 0 Å². The molecule has 40 heavy (non-hydrogen) atoms. The van der Waals surface area contributed by atoms with Crippen LogP contribution in [0.5, 0.6) is 0 Å². The summed E-state index contributed by atoms with van der Waals surface area (Å²) in [6.07, 6.45) is 1.78. The molecule has 0 atom stereocenters. The summed E-state index contributed by atoms with van der Waals surface area (Å²) in [5, 5.41) is 4.68. The third-order valence-corrected chi connectivity index (χ3v) is 12.3. The standard InChI is InChI=1S/C34H32O4P2/c1-23(35)27-5-13-31(14-6-27)39(32-15-7-28(8-16-32)24(2)36)21-22-40(33-17-9-29(10-18-33)25(3)37)34-19-11-30(12-20-34)26(4)38/h5-20H,21-22H2,1-4H3. The van der Waals surface area contributed by atoms with Crippen molar-refractivity contribution in [3.8, 4) is 0 Å². The van der Waals surface area contributed by atoms with Crippen molar-refractivity contribution in [1.29, 1.82) is 0 Å². The van der Waals surface area contributed by atoms with Crippen LogP contribution >= 0.6 is 15.8 Å². The first-order chi connectivity index (χ1) is 19.1. The Hall–Kier alpha value is -3.58. The van der Waals surface area contributed by atoms with Crippen molar-refractivity contribution in [2.24, 2.45) is 0 Å². The second-order valence-electron chi connectivity index (χ2n) is 9.72. The minimum atomic E-state index is -0.775. The van der Waals surface area contributed by atoms with E-state index in [-0.39, 0.29) is 23.1 Å². The number of hydrogen-bond donors (Lipinski definition) is 0. The van der Waals surface area contributed by atoms with Gasteiger partial charge in [-0.05, 0) is 77.1 Å². The van der Waals surface area contributed by atoms with Gasteiger partial charge in [0.05, 0.1) is 0 Å². The number of Topliss-reactive ketones (excluding diaryl/α,β-unsaturated/α-hetero) is 4. The van der Waals surface area contributed by atoms with Crippen LogP contribution < -0.4 is 21.2 Å². The summed E-state index contributed by atoms with van der Waals surface area (Å²) in [7, 11) is -1.55. The van der Waals surface area contributed by atoms with Gasteiger partial charge >= 0.3 is 0 Å². The SMILES string of the molecule is CC(=O)c1ccc(P(CCP(c2ccc(C(C)=O)cc2)c2ccc(C(C)=O)cc2)c2ccc(C(C)=O)cc2)cc1. The molecule has 0 heterocycles. The lowest BCUT2D eigenvalue weighted by Gasteiger charge is -2.24. The molecule has 4 rings (SSSR count). The van der Waals surface area contributed by atoms with E-state index in [0.29, 0.717) is 22.3 Å². The fraction of sp³-hybridized carbons (Fsp3) is 0.176. The van der Waals surface area contributed by atoms with Gasteiger partial charge in [0.2, 0.25) is 0 Å². The Morgan fingerprint density at radius 2 is 0.550 bits per heavy atom. The number of ketones is 4. The van der Waals surface area contributed by atoms with Crippen LogP contribution in [0.25, 0.3) is 0 Å². The zero-order valence-corrected chi connectivity index (χ0v) is 25.0. The summed E-state index contributed by atoms with van der Waals surface area (Å²) in [5.41, 5.74) is 2.74. The van der Waals surface area contributed by atoms with Crippen LogP contribution in [-0.2, 0) is 0 Å². The average molecular weight is 567 g/mol. The van der Waals surface area contributed by atoms with Crippen molar-refractivity contribution in [1.82, 2.24) is 0 Å². The Bertz CT molecular complexity index is 1290. The fourth-order valence-corrected chi connectivity index (χ4v) is 9.78. The second kappa shape index (κ2) is 13.2. The van der Waals surface area contributed by atoms with Gasteiger partial charge in [0, 0.05) is 22.3 Å². The molecule has 0 saturated carbocycles. The van der Waals surface area contributed by atoms with Crippen LogP contribution in [0, 0.1) is 0 Å². The van der Waals surface area contributed by atoms with Gasteiger partial charge in [-0.15, -0.1) is 0 Å². The molecule has 0 saturated heterocycles. The Labute approximate surface area is 238 Å². The van der Waals surface area contributed by atoms with Crippen LogP contribution in [0.2, 0.25) is 0 Å². The van der Waals surface area contributed by atoms with Crippen molar-refractivity contribution < 1.29 is 19.2 Å². The third kappa shape index (κ3) is 7.13. The maximum absolute atomic E-state index is 11.9. The topological polar surface area (TPSA) is 68.3 Å². The summed E-state index contributed by atoms with van der Waals surface area (Å²) in [4.78, 5) is 47.6. The molecule has 0 aromatic heterocycles. The van der Waals surface area contributed by atoms with E-state index in [1.165, 1.54) is 21.2 Å². The Kier molecular flexibility index (Phi) is 9.69. The Morgan fingerprint density at radius 1 is 0.375 bits per heavy atom. The summed E-state index contributed by atoms with van der Waals surface area (Å²) < 4.78 is 0. The van der Waals surface area contributed by atoms with E-state index in [2.05, 4.69) is 0 Å². The molecular weight excluding hydrogens is 534 g/mol. The largest absolute Gasteiger partial charge is 0.295 e. The molecule has 4 nitrogen and oxygen atoms in total. The highest BCUT2D eigenvalue weighted by atomic mass is 31.1. The molecule has 0 unspecified atom stereocenters. The molecule has 0 aliphatic carbocycles. The van der Waals surface area contributed by atoms with Crippen molar-refractivity contribution >= 4 is 60.2 Å². The summed E-state index contributed by atoms with van der Waals surface area (Å²) in [6, 6.07) is 31.5. The first-order valence-corrected chi connectivity index (χ1v) is 16.2. The van der Waals surface area contributed by atoms with Crippen LogP contribution in [-0.4, -0.2) is 35.5 Å². The van der Waals surface area contributed by atoms with Crippen LogP contribution in [0.15, 0.2) is 97.1 Å². The highest BCUT2D eigenvalue weighted by Gasteiger charge is 2.21. The average Bonchev–Trinajstić information content (AvgIpc) is 2.96. The minimum absolute atomic E-state index is 0.0354. The van der Waals surface area contributed by atoms with E-state index >= 15 is 0 Å². The highest BCUT2D eigenvalue weighted by Crippen LogP contribution is 2.41. The smallest absolute Gasteiger partial charge is 0.159 e. The first-order valence-electron chi connectivity index (χ1n) is 13.1. The van der Waals surface area contributed by atoms with Gasteiger partial charge in [-0.1, -0.05) is 97.1 Å². The maximum Gasteiger partial charge on any atom is 0.159 e. The van der Waals surface area contributed by atoms with Crippen LogP contribution in [0.1, 0.15) is 69.1 Å². The van der Waals surface area contributed by atoms with Crippen LogP contribution in [0.3, 0.4) is 0 Å². The highest BCUT2D eigenvalue weighted by molar-refractivity contribution is 7.76.